The summed E-state index contributed by atoms with van der Waals surface area (Å²) in [6.45, 7) is 9.15. The number of rotatable bonds is 6. The number of hydrogen-bond acceptors (Lipinski definition) is 2. The number of fused-ring (bicyclic) bond motifs is 13. The zero-order valence-electron chi connectivity index (χ0n) is 36.0. The van der Waals surface area contributed by atoms with Gasteiger partial charge in [0, 0.05) is 16.5 Å². The molecule has 2 nitrogen and oxygen atoms in total. The van der Waals surface area contributed by atoms with Crippen LogP contribution in [0.25, 0.3) is 87.8 Å². The largest absolute Gasteiger partial charge is 0.228 e. The lowest BCUT2D eigenvalue weighted by molar-refractivity contribution is 0.867. The smallest absolute Gasteiger partial charge is 0.180 e. The lowest BCUT2D eigenvalue weighted by Gasteiger charge is -2.32. The molecule has 0 N–H and O–H groups in total. The average Bonchev–Trinajstić information content (AvgIpc) is 3.64. The second-order valence-corrected chi connectivity index (χ2v) is 21.7. The minimum atomic E-state index is -2.78. The first-order valence-corrected chi connectivity index (χ1v) is 24.4. The van der Waals surface area contributed by atoms with Crippen molar-refractivity contribution in [2.75, 3.05) is 0 Å². The SMILES string of the molecule is CC(C)c1ccc([Si]2(c3ccc(C(C)C)cc3)c3ccccc3-c3c2ccc2c4ccccc4c4cc(-c5nc(-c6ccccc6)c6c(ccc7ccccc76)n5)ccc4c32)cc1. The van der Waals surface area contributed by atoms with Crippen LogP contribution in [0.5, 0.6) is 0 Å². The summed E-state index contributed by atoms with van der Waals surface area (Å²) >= 11 is 0. The van der Waals surface area contributed by atoms with Gasteiger partial charge in [0.15, 0.2) is 13.9 Å². The minimum absolute atomic E-state index is 0.462. The van der Waals surface area contributed by atoms with Crippen molar-refractivity contribution in [3.05, 3.63) is 205 Å². The Balaban J connectivity index is 1.16. The molecule has 0 fully saturated rings. The summed E-state index contributed by atoms with van der Waals surface area (Å²) in [5, 5.41) is 16.8. The molecule has 1 aromatic heterocycles. The van der Waals surface area contributed by atoms with E-state index >= 15 is 0 Å². The fourth-order valence-corrected chi connectivity index (χ4v) is 15.9. The molecule has 0 saturated carbocycles. The van der Waals surface area contributed by atoms with Gasteiger partial charge in [0.05, 0.1) is 11.2 Å². The Morgan fingerprint density at radius 3 is 1.68 bits per heavy atom. The maximum atomic E-state index is 5.44. The van der Waals surface area contributed by atoms with E-state index in [1.807, 2.05) is 0 Å². The van der Waals surface area contributed by atoms with Gasteiger partial charge in [0.2, 0.25) is 0 Å². The van der Waals surface area contributed by atoms with Crippen molar-refractivity contribution in [1.29, 1.82) is 0 Å². The predicted octanol–water partition coefficient (Wildman–Crippen LogP) is 13.2. The van der Waals surface area contributed by atoms with Crippen LogP contribution in [-0.4, -0.2) is 18.0 Å². The van der Waals surface area contributed by atoms with Gasteiger partial charge in [-0.3, -0.25) is 0 Å². The Kier molecular flexibility index (Phi) is 8.61. The summed E-state index contributed by atoms with van der Waals surface area (Å²) in [6, 6.07) is 73.0. The highest BCUT2D eigenvalue weighted by Gasteiger charge is 2.49. The third-order valence-electron chi connectivity index (χ3n) is 13.9. The molecule has 0 unspecified atom stereocenters. The second-order valence-electron chi connectivity index (χ2n) is 18.0. The van der Waals surface area contributed by atoms with E-state index in [9.17, 15) is 0 Å². The zero-order chi connectivity index (χ0) is 42.4. The van der Waals surface area contributed by atoms with E-state index in [1.54, 1.807) is 0 Å². The maximum absolute atomic E-state index is 5.44. The number of benzene rings is 10. The van der Waals surface area contributed by atoms with Crippen molar-refractivity contribution < 1.29 is 0 Å². The van der Waals surface area contributed by atoms with Crippen molar-refractivity contribution in [1.82, 2.24) is 9.97 Å². The summed E-state index contributed by atoms with van der Waals surface area (Å²) in [4.78, 5) is 10.8. The highest BCUT2D eigenvalue weighted by atomic mass is 28.3. The maximum Gasteiger partial charge on any atom is 0.180 e. The molecular weight excluding hydrogens is 777 g/mol. The first-order valence-electron chi connectivity index (χ1n) is 22.4. The van der Waals surface area contributed by atoms with Crippen molar-refractivity contribution in [2.24, 2.45) is 0 Å². The third kappa shape index (κ3) is 5.62. The van der Waals surface area contributed by atoms with Crippen molar-refractivity contribution >= 4 is 82.8 Å². The van der Waals surface area contributed by atoms with Crippen LogP contribution in [0, 0.1) is 0 Å². The van der Waals surface area contributed by atoms with E-state index < -0.39 is 8.07 Å². The molecule has 1 aliphatic heterocycles. The molecular formula is C60H46N2Si. The summed E-state index contributed by atoms with van der Waals surface area (Å²) < 4.78 is 0. The number of hydrogen-bond donors (Lipinski definition) is 0. The molecule has 0 spiro atoms. The number of nitrogens with zero attached hydrogens (tertiary/aromatic N) is 2. The fourth-order valence-electron chi connectivity index (χ4n) is 10.8. The van der Waals surface area contributed by atoms with Gasteiger partial charge in [0.1, 0.15) is 0 Å². The topological polar surface area (TPSA) is 25.8 Å². The third-order valence-corrected chi connectivity index (χ3v) is 18.8. The molecule has 3 heteroatoms. The molecule has 0 amide bonds. The first-order chi connectivity index (χ1) is 30.9. The quantitative estimate of drug-likeness (QED) is 0.123. The summed E-state index contributed by atoms with van der Waals surface area (Å²) in [5.74, 6) is 1.65. The fraction of sp³-hybridized carbons (Fsp3) is 0.100. The molecule has 0 radical (unpaired) electrons. The molecule has 2 heterocycles. The standard InChI is InChI=1S/C60H46N2Si/c1-37(2)39-22-28-44(29-23-39)63(45-30-24-40(25-31-45)38(3)4)54-21-13-12-20-51(54)58-55(63)35-33-49-47-18-10-11-19-48(47)52-36-43(26-32-50(52)56(49)58)60-61-53-34-27-41-14-8-9-17-46(41)57(53)59(62-60)42-15-6-5-7-16-42/h5-38H,1-4H3. The van der Waals surface area contributed by atoms with Gasteiger partial charge in [0.25, 0.3) is 0 Å². The normalized spacial score (nSPS) is 13.2. The Morgan fingerprint density at radius 1 is 0.397 bits per heavy atom. The molecule has 10 aromatic carbocycles. The van der Waals surface area contributed by atoms with Crippen molar-refractivity contribution in [3.63, 3.8) is 0 Å². The second kappa shape index (κ2) is 14.4. The molecule has 12 rings (SSSR count). The molecule has 0 aliphatic carbocycles. The van der Waals surface area contributed by atoms with Gasteiger partial charge in [-0.2, -0.15) is 0 Å². The van der Waals surface area contributed by atoms with Gasteiger partial charge < -0.3 is 0 Å². The summed E-state index contributed by atoms with van der Waals surface area (Å²) in [6.07, 6.45) is 0. The molecule has 0 atom stereocenters. The van der Waals surface area contributed by atoms with Crippen LogP contribution in [0.1, 0.15) is 50.7 Å². The molecule has 0 saturated heterocycles. The molecule has 0 bridgehead atoms. The van der Waals surface area contributed by atoms with E-state index in [4.69, 9.17) is 9.97 Å². The zero-order valence-corrected chi connectivity index (χ0v) is 37.0. The van der Waals surface area contributed by atoms with Gasteiger partial charge in [-0.05, 0) is 110 Å². The van der Waals surface area contributed by atoms with Crippen molar-refractivity contribution in [2.45, 2.75) is 39.5 Å². The van der Waals surface area contributed by atoms with Crippen LogP contribution in [0.15, 0.2) is 194 Å². The van der Waals surface area contributed by atoms with Crippen molar-refractivity contribution in [3.8, 4) is 33.8 Å². The van der Waals surface area contributed by atoms with E-state index in [1.165, 1.54) is 80.7 Å². The van der Waals surface area contributed by atoms with Crippen LogP contribution in [-0.2, 0) is 0 Å². The molecule has 11 aromatic rings. The first kappa shape index (κ1) is 37.5. The van der Waals surface area contributed by atoms with Crippen LogP contribution in [0.3, 0.4) is 0 Å². The molecule has 63 heavy (non-hydrogen) atoms. The monoisotopic (exact) mass is 822 g/mol. The van der Waals surface area contributed by atoms with Crippen LogP contribution < -0.4 is 20.7 Å². The summed E-state index contributed by atoms with van der Waals surface area (Å²) in [7, 11) is -2.78. The van der Waals surface area contributed by atoms with Crippen LogP contribution in [0.2, 0.25) is 0 Å². The highest BCUT2D eigenvalue weighted by molar-refractivity contribution is 7.22. The molecule has 1 aliphatic rings. The molecule has 300 valence electrons. The van der Waals surface area contributed by atoms with E-state index in [0.717, 1.165) is 38.9 Å². The minimum Gasteiger partial charge on any atom is -0.228 e. The lowest BCUT2D eigenvalue weighted by atomic mass is 9.89. The average molecular weight is 823 g/mol. The Bertz CT molecular complexity index is 3560. The Hall–Kier alpha value is -7.20. The predicted molar refractivity (Wildman–Crippen MR) is 271 cm³/mol. The van der Waals surface area contributed by atoms with E-state index in [-0.39, 0.29) is 0 Å². The van der Waals surface area contributed by atoms with Gasteiger partial charge >= 0.3 is 0 Å². The van der Waals surface area contributed by atoms with E-state index in [2.05, 4.69) is 222 Å². The van der Waals surface area contributed by atoms with Gasteiger partial charge in [-0.25, -0.2) is 9.97 Å². The van der Waals surface area contributed by atoms with Crippen LogP contribution >= 0.6 is 0 Å². The number of aromatic nitrogens is 2. The Morgan fingerprint density at radius 2 is 0.984 bits per heavy atom. The Labute approximate surface area is 369 Å². The summed E-state index contributed by atoms with van der Waals surface area (Å²) in [5.41, 5.74) is 9.45. The van der Waals surface area contributed by atoms with Crippen LogP contribution in [0.4, 0.5) is 0 Å². The lowest BCUT2D eigenvalue weighted by Crippen LogP contribution is -2.72. The van der Waals surface area contributed by atoms with Gasteiger partial charge in [-0.1, -0.05) is 210 Å². The van der Waals surface area contributed by atoms with E-state index in [0.29, 0.717) is 11.8 Å². The highest BCUT2D eigenvalue weighted by Crippen LogP contribution is 2.44. The van der Waals surface area contributed by atoms with Gasteiger partial charge in [-0.15, -0.1) is 0 Å².